The molecule has 2 fully saturated rings. The molecule has 9 nitrogen and oxygen atoms in total. The van der Waals surface area contributed by atoms with E-state index in [0.29, 0.717) is 31.1 Å². The molecule has 1 aromatic carbocycles. The predicted octanol–water partition coefficient (Wildman–Crippen LogP) is 1.18. The Morgan fingerprint density at radius 1 is 1.13 bits per heavy atom. The van der Waals surface area contributed by atoms with Crippen molar-refractivity contribution in [3.63, 3.8) is 0 Å². The highest BCUT2D eigenvalue weighted by Gasteiger charge is 2.39. The molecule has 3 N–H and O–H groups in total. The van der Waals surface area contributed by atoms with Crippen molar-refractivity contribution in [3.05, 3.63) is 47.3 Å². The molecule has 1 unspecified atom stereocenters. The number of aromatic nitrogens is 2. The number of imide groups is 1. The number of rotatable bonds is 5. The third-order valence-corrected chi connectivity index (χ3v) is 6.37. The molecule has 2 aromatic rings. The maximum atomic E-state index is 12.8. The standard InChI is InChI=1S/C22H26N6O3/c29-20-4-3-19(21(30)26-20)27-12-15-9-14(1-2-18(15)22(27)31)10-24-16-11-25-28(13-16)17-5-7-23-8-6-17/h1-2,9,11,13,17,19,23-24H,3-8,10,12H2,(H,26,29,30). The van der Waals surface area contributed by atoms with Crippen LogP contribution in [0.3, 0.4) is 0 Å². The van der Waals surface area contributed by atoms with Crippen LogP contribution in [0.4, 0.5) is 5.69 Å². The van der Waals surface area contributed by atoms with Gasteiger partial charge in [-0.3, -0.25) is 24.4 Å². The van der Waals surface area contributed by atoms with Crippen molar-refractivity contribution in [2.24, 2.45) is 0 Å². The van der Waals surface area contributed by atoms with Crippen molar-refractivity contribution in [3.8, 4) is 0 Å². The van der Waals surface area contributed by atoms with Gasteiger partial charge < -0.3 is 15.5 Å². The number of nitrogens with zero attached hydrogens (tertiary/aromatic N) is 3. The van der Waals surface area contributed by atoms with E-state index in [2.05, 4.69) is 27.2 Å². The molecule has 1 aromatic heterocycles. The summed E-state index contributed by atoms with van der Waals surface area (Å²) in [5.41, 5.74) is 3.58. The molecule has 0 spiro atoms. The van der Waals surface area contributed by atoms with E-state index < -0.39 is 6.04 Å². The van der Waals surface area contributed by atoms with Crippen LogP contribution in [0.2, 0.25) is 0 Å². The molecule has 0 bridgehead atoms. The summed E-state index contributed by atoms with van der Waals surface area (Å²) < 4.78 is 2.04. The monoisotopic (exact) mass is 422 g/mol. The molecule has 1 atom stereocenters. The minimum absolute atomic E-state index is 0.146. The Morgan fingerprint density at radius 3 is 2.77 bits per heavy atom. The molecule has 3 amide bonds. The van der Waals surface area contributed by atoms with Crippen LogP contribution in [0.15, 0.2) is 30.6 Å². The first-order valence-corrected chi connectivity index (χ1v) is 10.8. The van der Waals surface area contributed by atoms with Crippen molar-refractivity contribution in [1.29, 1.82) is 0 Å². The number of fused-ring (bicyclic) bond motifs is 1. The molecule has 0 saturated carbocycles. The first-order valence-electron chi connectivity index (χ1n) is 10.8. The van der Waals surface area contributed by atoms with Gasteiger partial charge in [0.05, 0.1) is 17.9 Å². The first-order chi connectivity index (χ1) is 15.1. The Balaban J connectivity index is 1.23. The summed E-state index contributed by atoms with van der Waals surface area (Å²) in [6, 6.07) is 5.65. The van der Waals surface area contributed by atoms with Crippen LogP contribution in [-0.4, -0.2) is 51.5 Å². The van der Waals surface area contributed by atoms with Crippen molar-refractivity contribution in [2.45, 2.75) is 50.9 Å². The van der Waals surface area contributed by atoms with Gasteiger partial charge in [0.1, 0.15) is 6.04 Å². The lowest BCUT2D eigenvalue weighted by molar-refractivity contribution is -0.136. The number of piperidine rings is 2. The van der Waals surface area contributed by atoms with E-state index >= 15 is 0 Å². The second-order valence-electron chi connectivity index (χ2n) is 8.44. The molecule has 3 aliphatic heterocycles. The van der Waals surface area contributed by atoms with Crippen molar-refractivity contribution < 1.29 is 14.4 Å². The number of nitrogens with one attached hydrogen (secondary N) is 3. The molecule has 3 aliphatic rings. The zero-order chi connectivity index (χ0) is 21.4. The second kappa shape index (κ2) is 8.14. The maximum Gasteiger partial charge on any atom is 0.255 e. The van der Waals surface area contributed by atoms with E-state index in [9.17, 15) is 14.4 Å². The van der Waals surface area contributed by atoms with Crippen molar-refractivity contribution >= 4 is 23.4 Å². The molecule has 5 rings (SSSR count). The zero-order valence-electron chi connectivity index (χ0n) is 17.3. The third kappa shape index (κ3) is 3.93. The Morgan fingerprint density at radius 2 is 1.97 bits per heavy atom. The lowest BCUT2D eigenvalue weighted by Gasteiger charge is -2.29. The highest BCUT2D eigenvalue weighted by atomic mass is 16.2. The van der Waals surface area contributed by atoms with Crippen LogP contribution in [0.1, 0.15) is 53.2 Å². The van der Waals surface area contributed by atoms with Crippen LogP contribution >= 0.6 is 0 Å². The number of carbonyl (C=O) groups excluding carboxylic acids is 3. The van der Waals surface area contributed by atoms with Gasteiger partial charge in [0.15, 0.2) is 0 Å². The molecule has 0 aliphatic carbocycles. The molecule has 2 saturated heterocycles. The van der Waals surface area contributed by atoms with Crippen LogP contribution in [0, 0.1) is 0 Å². The number of amides is 3. The largest absolute Gasteiger partial charge is 0.378 e. The number of anilines is 1. The van der Waals surface area contributed by atoms with E-state index in [-0.39, 0.29) is 24.1 Å². The summed E-state index contributed by atoms with van der Waals surface area (Å²) in [5.74, 6) is -0.806. The fourth-order valence-corrected chi connectivity index (χ4v) is 4.64. The minimum Gasteiger partial charge on any atom is -0.378 e. The Kier molecular flexibility index (Phi) is 5.19. The van der Waals surface area contributed by atoms with E-state index in [1.807, 2.05) is 29.1 Å². The van der Waals surface area contributed by atoms with Crippen LogP contribution in [-0.2, 0) is 22.7 Å². The average molecular weight is 422 g/mol. The van der Waals surface area contributed by atoms with Gasteiger partial charge in [0.2, 0.25) is 11.8 Å². The lowest BCUT2D eigenvalue weighted by atomic mass is 10.0. The van der Waals surface area contributed by atoms with Crippen LogP contribution in [0.5, 0.6) is 0 Å². The van der Waals surface area contributed by atoms with Gasteiger partial charge in [0.25, 0.3) is 5.91 Å². The second-order valence-corrected chi connectivity index (χ2v) is 8.44. The summed E-state index contributed by atoms with van der Waals surface area (Å²) in [6.07, 6.45) is 6.71. The highest BCUT2D eigenvalue weighted by Crippen LogP contribution is 2.28. The number of hydrogen-bond acceptors (Lipinski definition) is 6. The first kappa shape index (κ1) is 19.7. The Hall–Kier alpha value is -3.20. The normalized spacial score (nSPS) is 21.9. The fourth-order valence-electron chi connectivity index (χ4n) is 4.64. The summed E-state index contributed by atoms with van der Waals surface area (Å²) in [7, 11) is 0. The highest BCUT2D eigenvalue weighted by molar-refractivity contribution is 6.05. The van der Waals surface area contributed by atoms with Gasteiger partial charge in [-0.1, -0.05) is 12.1 Å². The van der Waals surface area contributed by atoms with Crippen LogP contribution < -0.4 is 16.0 Å². The summed E-state index contributed by atoms with van der Waals surface area (Å²) in [6.45, 7) is 3.06. The van der Waals surface area contributed by atoms with Gasteiger partial charge in [-0.15, -0.1) is 0 Å². The molecule has 0 radical (unpaired) electrons. The van der Waals surface area contributed by atoms with E-state index in [0.717, 1.165) is 42.7 Å². The van der Waals surface area contributed by atoms with E-state index in [4.69, 9.17) is 0 Å². The van der Waals surface area contributed by atoms with Gasteiger partial charge in [-0.25, -0.2) is 0 Å². The third-order valence-electron chi connectivity index (χ3n) is 6.37. The quantitative estimate of drug-likeness (QED) is 0.625. The van der Waals surface area contributed by atoms with Gasteiger partial charge >= 0.3 is 0 Å². The summed E-state index contributed by atoms with van der Waals surface area (Å²) in [4.78, 5) is 38.0. The smallest absolute Gasteiger partial charge is 0.255 e. The molecule has 31 heavy (non-hydrogen) atoms. The topological polar surface area (TPSA) is 108 Å². The van der Waals surface area contributed by atoms with Gasteiger partial charge in [-0.2, -0.15) is 5.10 Å². The number of carbonyl (C=O) groups is 3. The number of benzene rings is 1. The number of hydrogen-bond donors (Lipinski definition) is 3. The Labute approximate surface area is 180 Å². The van der Waals surface area contributed by atoms with Crippen LogP contribution in [0.25, 0.3) is 0 Å². The SMILES string of the molecule is O=C1CCC(N2Cc3cc(CNc4cnn(C5CCNCC5)c4)ccc3C2=O)C(=O)N1. The molecule has 4 heterocycles. The molecular formula is C22H26N6O3. The van der Waals surface area contributed by atoms with Crippen molar-refractivity contribution in [1.82, 2.24) is 25.3 Å². The Bertz CT molecular complexity index is 1030. The summed E-state index contributed by atoms with van der Waals surface area (Å²) >= 11 is 0. The average Bonchev–Trinajstić information content (AvgIpc) is 3.38. The molecule has 9 heteroatoms. The zero-order valence-corrected chi connectivity index (χ0v) is 17.3. The van der Waals surface area contributed by atoms with Gasteiger partial charge in [0, 0.05) is 31.3 Å². The van der Waals surface area contributed by atoms with E-state index in [1.54, 1.807) is 4.90 Å². The lowest BCUT2D eigenvalue weighted by Crippen LogP contribution is -2.52. The van der Waals surface area contributed by atoms with E-state index in [1.165, 1.54) is 0 Å². The fraction of sp³-hybridized carbons (Fsp3) is 0.455. The molecular weight excluding hydrogens is 396 g/mol. The van der Waals surface area contributed by atoms with Crippen molar-refractivity contribution in [2.75, 3.05) is 18.4 Å². The maximum absolute atomic E-state index is 12.8. The molecule has 162 valence electrons. The summed E-state index contributed by atoms with van der Waals surface area (Å²) in [5, 5.41) is 13.6. The minimum atomic E-state index is -0.583. The van der Waals surface area contributed by atoms with Gasteiger partial charge in [-0.05, 0) is 49.5 Å². The predicted molar refractivity (Wildman–Crippen MR) is 113 cm³/mol.